The van der Waals surface area contributed by atoms with Gasteiger partial charge in [0.2, 0.25) is 0 Å². The lowest BCUT2D eigenvalue weighted by Crippen LogP contribution is -2.44. The van der Waals surface area contributed by atoms with E-state index in [-0.39, 0.29) is 22.3 Å². The zero-order chi connectivity index (χ0) is 13.8. The molecule has 0 radical (unpaired) electrons. The van der Waals surface area contributed by atoms with Gasteiger partial charge in [-0.05, 0) is 39.8 Å². The highest BCUT2D eigenvalue weighted by molar-refractivity contribution is 9.10. The van der Waals surface area contributed by atoms with Crippen LogP contribution in [0.1, 0.15) is 33.6 Å². The Kier molecular flexibility index (Phi) is 6.62. The second-order valence-corrected chi connectivity index (χ2v) is 7.58. The van der Waals surface area contributed by atoms with E-state index in [1.807, 2.05) is 20.8 Å². The molecule has 0 aromatic carbocycles. The maximum atomic E-state index is 12.2. The SMILES string of the molecule is CC(Br)C(CBr)C(=O)OC(C)(C)C1CCNCC1. The van der Waals surface area contributed by atoms with Gasteiger partial charge in [-0.3, -0.25) is 4.79 Å². The lowest BCUT2D eigenvalue weighted by atomic mass is 9.83. The Morgan fingerprint density at radius 2 is 2.00 bits per heavy atom. The highest BCUT2D eigenvalue weighted by Gasteiger charge is 2.36. The molecular weight excluding hydrogens is 362 g/mol. The van der Waals surface area contributed by atoms with E-state index in [9.17, 15) is 4.79 Å². The Labute approximate surface area is 127 Å². The van der Waals surface area contributed by atoms with Crippen molar-refractivity contribution in [3.63, 3.8) is 0 Å². The minimum absolute atomic E-state index is 0.111. The molecule has 0 bridgehead atoms. The maximum Gasteiger partial charge on any atom is 0.311 e. The van der Waals surface area contributed by atoms with E-state index in [0.717, 1.165) is 25.9 Å². The summed E-state index contributed by atoms with van der Waals surface area (Å²) in [5, 5.41) is 3.96. The summed E-state index contributed by atoms with van der Waals surface area (Å²) in [6, 6.07) is 0. The fourth-order valence-electron chi connectivity index (χ4n) is 2.31. The zero-order valence-electron chi connectivity index (χ0n) is 11.3. The molecule has 0 aromatic heterocycles. The molecule has 0 saturated carbocycles. The summed E-state index contributed by atoms with van der Waals surface area (Å²) in [7, 11) is 0. The fourth-order valence-corrected chi connectivity index (χ4v) is 4.04. The molecule has 1 rings (SSSR count). The van der Waals surface area contributed by atoms with E-state index < -0.39 is 0 Å². The molecule has 0 aliphatic carbocycles. The topological polar surface area (TPSA) is 38.3 Å². The van der Waals surface area contributed by atoms with Crippen molar-refractivity contribution in [2.75, 3.05) is 18.4 Å². The van der Waals surface area contributed by atoms with E-state index in [4.69, 9.17) is 4.74 Å². The van der Waals surface area contributed by atoms with Crippen LogP contribution in [0.4, 0.5) is 0 Å². The van der Waals surface area contributed by atoms with Gasteiger partial charge in [0.25, 0.3) is 0 Å². The average molecular weight is 385 g/mol. The monoisotopic (exact) mass is 383 g/mol. The smallest absolute Gasteiger partial charge is 0.311 e. The number of esters is 1. The van der Waals surface area contributed by atoms with Gasteiger partial charge in [0, 0.05) is 16.1 Å². The lowest BCUT2D eigenvalue weighted by molar-refractivity contribution is -0.166. The first-order valence-corrected chi connectivity index (χ1v) is 8.55. The van der Waals surface area contributed by atoms with Crippen molar-refractivity contribution >= 4 is 37.8 Å². The number of halogens is 2. The summed E-state index contributed by atoms with van der Waals surface area (Å²) in [5.41, 5.74) is -0.374. The van der Waals surface area contributed by atoms with Gasteiger partial charge in [-0.15, -0.1) is 0 Å². The van der Waals surface area contributed by atoms with E-state index in [2.05, 4.69) is 37.2 Å². The summed E-state index contributed by atoms with van der Waals surface area (Å²) in [6.45, 7) is 8.08. The predicted molar refractivity (Wildman–Crippen MR) is 81.4 cm³/mol. The molecule has 1 N–H and O–H groups in total. The third kappa shape index (κ3) is 4.49. The largest absolute Gasteiger partial charge is 0.459 e. The Morgan fingerprint density at radius 3 is 2.44 bits per heavy atom. The summed E-state index contributed by atoms with van der Waals surface area (Å²) < 4.78 is 5.76. The molecule has 2 atom stereocenters. The van der Waals surface area contributed by atoms with Gasteiger partial charge < -0.3 is 10.1 Å². The molecule has 0 amide bonds. The Morgan fingerprint density at radius 1 is 1.44 bits per heavy atom. The van der Waals surface area contributed by atoms with Crippen molar-refractivity contribution in [3.8, 4) is 0 Å². The van der Waals surface area contributed by atoms with Gasteiger partial charge in [0.05, 0.1) is 5.92 Å². The molecule has 0 aromatic rings. The number of alkyl halides is 2. The van der Waals surface area contributed by atoms with E-state index in [0.29, 0.717) is 11.2 Å². The van der Waals surface area contributed by atoms with Crippen molar-refractivity contribution in [2.45, 2.75) is 44.0 Å². The van der Waals surface area contributed by atoms with E-state index in [1.54, 1.807) is 0 Å². The molecule has 1 fully saturated rings. The third-order valence-corrected chi connectivity index (χ3v) is 5.05. The second-order valence-electron chi connectivity index (χ2n) is 5.49. The Hall–Kier alpha value is 0.390. The van der Waals surface area contributed by atoms with Crippen LogP contribution in [0.15, 0.2) is 0 Å². The maximum absolute atomic E-state index is 12.2. The van der Waals surface area contributed by atoms with Crippen molar-refractivity contribution < 1.29 is 9.53 Å². The second kappa shape index (κ2) is 7.25. The number of hydrogen-bond donors (Lipinski definition) is 1. The standard InChI is InChI=1S/C13H23Br2NO2/c1-9(15)11(8-14)12(17)18-13(2,3)10-4-6-16-7-5-10/h9-11,16H,4-8H2,1-3H3. The first-order chi connectivity index (χ1) is 8.38. The molecule has 0 spiro atoms. The number of piperidine rings is 1. The fraction of sp³-hybridized carbons (Fsp3) is 0.923. The van der Waals surface area contributed by atoms with Crippen molar-refractivity contribution in [2.24, 2.45) is 11.8 Å². The van der Waals surface area contributed by atoms with Gasteiger partial charge in [0.1, 0.15) is 5.60 Å². The van der Waals surface area contributed by atoms with Crippen LogP contribution in [-0.2, 0) is 9.53 Å². The third-order valence-electron chi connectivity index (χ3n) is 3.71. The number of nitrogens with one attached hydrogen (secondary N) is 1. The van der Waals surface area contributed by atoms with Crippen LogP contribution in [-0.4, -0.2) is 34.8 Å². The Bertz CT molecular complexity index is 276. The van der Waals surface area contributed by atoms with Crippen LogP contribution >= 0.6 is 31.9 Å². The average Bonchev–Trinajstić information content (AvgIpc) is 2.29. The minimum Gasteiger partial charge on any atom is -0.459 e. The minimum atomic E-state index is -0.374. The van der Waals surface area contributed by atoms with Crippen LogP contribution in [0.2, 0.25) is 0 Å². The molecule has 5 heteroatoms. The van der Waals surface area contributed by atoms with Crippen LogP contribution in [0.3, 0.4) is 0 Å². The normalized spacial score (nSPS) is 21.4. The van der Waals surface area contributed by atoms with Gasteiger partial charge in [-0.2, -0.15) is 0 Å². The number of ether oxygens (including phenoxy) is 1. The van der Waals surface area contributed by atoms with Crippen LogP contribution in [0.5, 0.6) is 0 Å². The summed E-state index contributed by atoms with van der Waals surface area (Å²) in [6.07, 6.45) is 2.15. The van der Waals surface area contributed by atoms with Gasteiger partial charge in [-0.25, -0.2) is 0 Å². The van der Waals surface area contributed by atoms with Crippen LogP contribution in [0.25, 0.3) is 0 Å². The number of carbonyl (C=O) groups is 1. The Balaban J connectivity index is 2.60. The molecule has 106 valence electrons. The summed E-state index contributed by atoms with van der Waals surface area (Å²) in [4.78, 5) is 12.3. The number of hydrogen-bond acceptors (Lipinski definition) is 3. The molecule has 3 nitrogen and oxygen atoms in total. The quantitative estimate of drug-likeness (QED) is 0.584. The van der Waals surface area contributed by atoms with Gasteiger partial charge in [-0.1, -0.05) is 38.8 Å². The van der Waals surface area contributed by atoms with Crippen molar-refractivity contribution in [1.29, 1.82) is 0 Å². The molecular formula is C13H23Br2NO2. The molecule has 1 aliphatic heterocycles. The summed E-state index contributed by atoms with van der Waals surface area (Å²) in [5.74, 6) is 0.204. The predicted octanol–water partition coefficient (Wildman–Crippen LogP) is 3.10. The van der Waals surface area contributed by atoms with E-state index in [1.165, 1.54) is 0 Å². The molecule has 18 heavy (non-hydrogen) atoms. The molecule has 1 saturated heterocycles. The number of carbonyl (C=O) groups excluding carboxylic acids is 1. The first-order valence-electron chi connectivity index (χ1n) is 6.52. The van der Waals surface area contributed by atoms with Gasteiger partial charge in [0.15, 0.2) is 0 Å². The van der Waals surface area contributed by atoms with Crippen molar-refractivity contribution in [1.82, 2.24) is 5.32 Å². The first kappa shape index (κ1) is 16.4. The van der Waals surface area contributed by atoms with Crippen LogP contribution < -0.4 is 5.32 Å². The van der Waals surface area contributed by atoms with Crippen molar-refractivity contribution in [3.05, 3.63) is 0 Å². The van der Waals surface area contributed by atoms with E-state index >= 15 is 0 Å². The highest BCUT2D eigenvalue weighted by Crippen LogP contribution is 2.30. The zero-order valence-corrected chi connectivity index (χ0v) is 14.5. The highest BCUT2D eigenvalue weighted by atomic mass is 79.9. The number of rotatable bonds is 5. The molecule has 1 aliphatic rings. The molecule has 1 heterocycles. The van der Waals surface area contributed by atoms with Gasteiger partial charge >= 0.3 is 5.97 Å². The molecule has 2 unspecified atom stereocenters. The summed E-state index contributed by atoms with van der Waals surface area (Å²) >= 11 is 6.84. The lowest BCUT2D eigenvalue weighted by Gasteiger charge is -2.37. The van der Waals surface area contributed by atoms with Crippen LogP contribution in [0, 0.1) is 11.8 Å².